The number of benzene rings is 2. The topological polar surface area (TPSA) is 120 Å². The average Bonchev–Trinajstić information content (AvgIpc) is 2.84. The van der Waals surface area contributed by atoms with E-state index >= 15 is 0 Å². The van der Waals surface area contributed by atoms with E-state index in [1.807, 2.05) is 12.1 Å². The van der Waals surface area contributed by atoms with E-state index in [1.54, 1.807) is 12.1 Å². The van der Waals surface area contributed by atoms with Crippen LogP contribution in [0.25, 0.3) is 0 Å². The molecule has 5 N–H and O–H groups in total. The normalized spacial score (nSPS) is 15.4. The molecule has 1 aliphatic rings. The standard InChI is InChI=1S/C24H29Cl3N4O4/c1-34-21-12-19(28)18(26)11-16(21)23(32)30-13-14-5-8-31(9-6-14)20(7-10-35-24(29)33)15-3-2-4-17(25)22(15)27/h2-4,11-12,14,20H,5-10,13,28H2,1H3,(H2,29,33)(H,30,32). The third-order valence-corrected chi connectivity index (χ3v) is 7.34. The van der Waals surface area contributed by atoms with Gasteiger partial charge in [-0.15, -0.1) is 0 Å². The van der Waals surface area contributed by atoms with E-state index in [4.69, 9.17) is 55.7 Å². The van der Waals surface area contributed by atoms with Gasteiger partial charge in [0, 0.05) is 25.1 Å². The van der Waals surface area contributed by atoms with Crippen molar-refractivity contribution in [3.8, 4) is 5.75 Å². The van der Waals surface area contributed by atoms with Crippen LogP contribution in [0.4, 0.5) is 10.5 Å². The summed E-state index contributed by atoms with van der Waals surface area (Å²) in [6.45, 7) is 2.25. The summed E-state index contributed by atoms with van der Waals surface area (Å²) in [5.41, 5.74) is 12.5. The second-order valence-electron chi connectivity index (χ2n) is 8.38. The van der Waals surface area contributed by atoms with Gasteiger partial charge in [0.15, 0.2) is 0 Å². The number of nitrogens with two attached hydrogens (primary N) is 2. The number of hydrogen-bond donors (Lipinski definition) is 3. The first-order valence-electron chi connectivity index (χ1n) is 11.2. The Morgan fingerprint density at radius 3 is 2.54 bits per heavy atom. The van der Waals surface area contributed by atoms with Crippen LogP contribution in [0, 0.1) is 5.92 Å². The van der Waals surface area contributed by atoms with Crippen LogP contribution in [0.15, 0.2) is 30.3 Å². The molecule has 0 bridgehead atoms. The molecule has 190 valence electrons. The van der Waals surface area contributed by atoms with Gasteiger partial charge in [-0.3, -0.25) is 9.69 Å². The summed E-state index contributed by atoms with van der Waals surface area (Å²) in [5, 5.41) is 4.25. The first-order valence-corrected chi connectivity index (χ1v) is 12.4. The molecule has 3 rings (SSSR count). The summed E-state index contributed by atoms with van der Waals surface area (Å²) < 4.78 is 10.3. The third kappa shape index (κ3) is 7.07. The number of nitrogens with one attached hydrogen (secondary N) is 1. The molecule has 11 heteroatoms. The molecule has 0 aliphatic carbocycles. The first kappa shape index (κ1) is 27.2. The van der Waals surface area contributed by atoms with Crippen molar-refractivity contribution in [3.05, 3.63) is 56.5 Å². The molecule has 2 aromatic carbocycles. The number of nitrogen functional groups attached to an aromatic ring is 1. The molecule has 2 aromatic rings. The van der Waals surface area contributed by atoms with Crippen LogP contribution in [0.3, 0.4) is 0 Å². The van der Waals surface area contributed by atoms with Gasteiger partial charge in [0.05, 0.1) is 40.0 Å². The number of carbonyl (C=O) groups is 2. The summed E-state index contributed by atoms with van der Waals surface area (Å²) in [7, 11) is 1.48. The maximum atomic E-state index is 12.8. The van der Waals surface area contributed by atoms with Gasteiger partial charge in [-0.1, -0.05) is 46.9 Å². The second-order valence-corrected chi connectivity index (χ2v) is 9.57. The van der Waals surface area contributed by atoms with Crippen LogP contribution in [0.2, 0.25) is 15.1 Å². The quantitative estimate of drug-likeness (QED) is 0.387. The van der Waals surface area contributed by atoms with Crippen LogP contribution in [0.1, 0.15) is 41.2 Å². The number of halogens is 3. The van der Waals surface area contributed by atoms with E-state index in [-0.39, 0.29) is 18.6 Å². The maximum absolute atomic E-state index is 12.8. The Morgan fingerprint density at radius 2 is 1.89 bits per heavy atom. The molecule has 2 amide bonds. The number of hydrogen-bond acceptors (Lipinski definition) is 6. The van der Waals surface area contributed by atoms with E-state index < -0.39 is 6.09 Å². The van der Waals surface area contributed by atoms with Gasteiger partial charge in [-0.25, -0.2) is 4.79 Å². The molecule has 1 atom stereocenters. The first-order chi connectivity index (χ1) is 16.7. The van der Waals surface area contributed by atoms with Crippen molar-refractivity contribution in [2.75, 3.05) is 39.1 Å². The number of rotatable bonds is 9. The van der Waals surface area contributed by atoms with Crippen molar-refractivity contribution in [1.82, 2.24) is 10.2 Å². The largest absolute Gasteiger partial charge is 0.496 e. The molecule has 0 radical (unpaired) electrons. The fraction of sp³-hybridized carbons (Fsp3) is 0.417. The molecule has 0 spiro atoms. The number of primary amides is 1. The Morgan fingerprint density at radius 1 is 1.17 bits per heavy atom. The molecule has 1 unspecified atom stereocenters. The average molecular weight is 544 g/mol. The number of carbonyl (C=O) groups excluding carboxylic acids is 2. The molecule has 1 fully saturated rings. The zero-order valence-corrected chi connectivity index (χ0v) is 21.6. The van der Waals surface area contributed by atoms with Crippen LogP contribution in [0.5, 0.6) is 5.75 Å². The molecule has 0 saturated carbocycles. The lowest BCUT2D eigenvalue weighted by atomic mass is 9.93. The Kier molecular flexibility index (Phi) is 9.74. The molecule has 8 nitrogen and oxygen atoms in total. The number of methoxy groups -OCH3 is 1. The number of piperidine rings is 1. The smallest absolute Gasteiger partial charge is 0.404 e. The molecular formula is C24H29Cl3N4O4. The van der Waals surface area contributed by atoms with E-state index in [1.165, 1.54) is 13.2 Å². The van der Waals surface area contributed by atoms with Crippen molar-refractivity contribution in [1.29, 1.82) is 0 Å². The summed E-state index contributed by atoms with van der Waals surface area (Å²) >= 11 is 18.8. The molecule has 0 aromatic heterocycles. The highest BCUT2D eigenvalue weighted by Gasteiger charge is 2.28. The highest BCUT2D eigenvalue weighted by Crippen LogP contribution is 2.36. The minimum absolute atomic E-state index is 0.0859. The van der Waals surface area contributed by atoms with E-state index in [2.05, 4.69) is 10.2 Å². The fourth-order valence-corrected chi connectivity index (χ4v) is 4.90. The predicted octanol–water partition coefficient (Wildman–Crippen LogP) is 4.91. The highest BCUT2D eigenvalue weighted by atomic mass is 35.5. The van der Waals surface area contributed by atoms with Crippen LogP contribution >= 0.6 is 34.8 Å². The van der Waals surface area contributed by atoms with Gasteiger partial charge in [0.1, 0.15) is 5.75 Å². The highest BCUT2D eigenvalue weighted by molar-refractivity contribution is 6.42. The predicted molar refractivity (Wildman–Crippen MR) is 138 cm³/mol. The summed E-state index contributed by atoms with van der Waals surface area (Å²) in [6.07, 6.45) is 1.45. The number of anilines is 1. The number of nitrogens with zero attached hydrogens (tertiary/aromatic N) is 1. The van der Waals surface area contributed by atoms with Crippen molar-refractivity contribution in [3.63, 3.8) is 0 Å². The maximum Gasteiger partial charge on any atom is 0.404 e. The van der Waals surface area contributed by atoms with E-state index in [0.29, 0.717) is 51.0 Å². The minimum Gasteiger partial charge on any atom is -0.496 e. The molecule has 1 saturated heterocycles. The zero-order chi connectivity index (χ0) is 25.5. The Hall–Kier alpha value is -2.39. The van der Waals surface area contributed by atoms with Gasteiger partial charge in [0.25, 0.3) is 5.91 Å². The summed E-state index contributed by atoms with van der Waals surface area (Å²) in [5.74, 6) is 0.403. The number of ether oxygens (including phenoxy) is 2. The van der Waals surface area contributed by atoms with Crippen molar-refractivity contribution < 1.29 is 19.1 Å². The van der Waals surface area contributed by atoms with Gasteiger partial charge < -0.3 is 26.3 Å². The Balaban J connectivity index is 1.61. The van der Waals surface area contributed by atoms with E-state index in [9.17, 15) is 9.59 Å². The third-order valence-electron chi connectivity index (χ3n) is 6.18. The molecule has 1 heterocycles. The van der Waals surface area contributed by atoms with Gasteiger partial charge in [0.2, 0.25) is 0 Å². The number of likely N-dealkylation sites (tertiary alicyclic amines) is 1. The molecular weight excluding hydrogens is 515 g/mol. The van der Waals surface area contributed by atoms with E-state index in [0.717, 1.165) is 31.5 Å². The summed E-state index contributed by atoms with van der Waals surface area (Å²) in [4.78, 5) is 26.1. The van der Waals surface area contributed by atoms with Gasteiger partial charge >= 0.3 is 6.09 Å². The SMILES string of the molecule is COc1cc(N)c(Cl)cc1C(=O)NCC1CCN(C(CCOC(N)=O)c2cccc(Cl)c2Cl)CC1. The Bertz CT molecular complexity index is 1060. The Labute approximate surface area is 219 Å². The lowest BCUT2D eigenvalue weighted by molar-refractivity contribution is 0.0885. The number of amides is 2. The van der Waals surface area contributed by atoms with Crippen LogP contribution in [-0.4, -0.2) is 50.3 Å². The van der Waals surface area contributed by atoms with Gasteiger partial charge in [-0.05, 0) is 49.5 Å². The monoisotopic (exact) mass is 542 g/mol. The summed E-state index contributed by atoms with van der Waals surface area (Å²) in [6, 6.07) is 8.49. The van der Waals surface area contributed by atoms with Crippen molar-refractivity contribution in [2.45, 2.75) is 25.3 Å². The second kappa shape index (κ2) is 12.5. The minimum atomic E-state index is -0.811. The molecule has 1 aliphatic heterocycles. The lowest BCUT2D eigenvalue weighted by Gasteiger charge is -2.38. The van der Waals surface area contributed by atoms with Crippen molar-refractivity contribution >= 4 is 52.5 Å². The van der Waals surface area contributed by atoms with Crippen LogP contribution in [-0.2, 0) is 4.74 Å². The van der Waals surface area contributed by atoms with Crippen LogP contribution < -0.4 is 21.5 Å². The van der Waals surface area contributed by atoms with Crippen molar-refractivity contribution in [2.24, 2.45) is 11.7 Å². The van der Waals surface area contributed by atoms with Gasteiger partial charge in [-0.2, -0.15) is 0 Å². The zero-order valence-electron chi connectivity index (χ0n) is 19.4. The molecule has 35 heavy (non-hydrogen) atoms. The lowest BCUT2D eigenvalue weighted by Crippen LogP contribution is -2.41. The fourth-order valence-electron chi connectivity index (χ4n) is 4.30.